The number of nitrogens with one attached hydrogen (secondary N) is 2. The molecular weight excluding hydrogens is 1190 g/mol. The second-order valence-corrected chi connectivity index (χ2v) is 25.3. The van der Waals surface area contributed by atoms with Crippen LogP contribution in [-0.2, 0) is 32.5 Å². The lowest BCUT2D eigenvalue weighted by Crippen LogP contribution is -2.46. The van der Waals surface area contributed by atoms with Gasteiger partial charge in [0.25, 0.3) is 22.9 Å². The van der Waals surface area contributed by atoms with E-state index in [4.69, 9.17) is 18.9 Å². The maximum atomic E-state index is 13.0. The molecule has 2 aliphatic heterocycles. The van der Waals surface area contributed by atoms with E-state index >= 15 is 0 Å². The van der Waals surface area contributed by atoms with Crippen LogP contribution < -0.4 is 41.0 Å². The van der Waals surface area contributed by atoms with E-state index < -0.39 is 17.8 Å². The van der Waals surface area contributed by atoms with Gasteiger partial charge in [0.05, 0.1) is 30.4 Å². The Balaban J connectivity index is 0.522. The van der Waals surface area contributed by atoms with Crippen LogP contribution in [-0.4, -0.2) is 139 Å². The van der Waals surface area contributed by atoms with Crippen LogP contribution >= 0.6 is 34.0 Å². The number of carbonyl (C=O) groups is 4. The molecule has 2 aliphatic rings. The fourth-order valence-corrected chi connectivity index (χ4v) is 13.8. The number of fused-ring (bicyclic) bond motifs is 4. The minimum absolute atomic E-state index is 0.0904. The lowest BCUT2D eigenvalue weighted by molar-refractivity contribution is -0.148. The van der Waals surface area contributed by atoms with E-state index in [9.17, 15) is 28.8 Å². The number of ether oxygens (including phenoxy) is 4. The molecule has 2 saturated heterocycles. The number of nitrogens with zero attached hydrogens (tertiary/aromatic N) is 7. The van der Waals surface area contributed by atoms with E-state index in [-0.39, 0.29) is 66.3 Å². The lowest BCUT2D eigenvalue weighted by atomic mass is 10.2. The Morgan fingerprint density at radius 2 is 0.978 bits per heavy atom. The molecule has 7 heterocycles. The first-order chi connectivity index (χ1) is 43.6. The Bertz CT molecular complexity index is 3760. The molecule has 0 bridgehead atoms. The van der Waals surface area contributed by atoms with Crippen molar-refractivity contribution in [1.29, 1.82) is 0 Å². The van der Waals surface area contributed by atoms with Crippen LogP contribution in [0.1, 0.15) is 83.7 Å². The molecule has 9 aromatic rings. The Morgan fingerprint density at radius 1 is 0.506 bits per heavy atom. The van der Waals surface area contributed by atoms with Crippen molar-refractivity contribution >= 4 is 111 Å². The lowest BCUT2D eigenvalue weighted by Gasteiger charge is -2.36. The molecule has 0 radical (unpaired) electrons. The highest BCUT2D eigenvalue weighted by atomic mass is 32.1. The summed E-state index contributed by atoms with van der Waals surface area (Å²) in [5, 5.41) is 14.4. The molecule has 466 valence electrons. The highest BCUT2D eigenvalue weighted by Gasteiger charge is 2.22. The number of benzene rings is 4. The zero-order valence-corrected chi connectivity index (χ0v) is 52.4. The largest absolute Gasteiger partial charge is 0.494 e. The molecule has 0 spiro atoms. The number of unbranched alkanes of at least 4 members (excludes halogenated alkanes) is 4. The van der Waals surface area contributed by atoms with Crippen LogP contribution in [0, 0.1) is 0 Å². The van der Waals surface area contributed by atoms with Gasteiger partial charge in [-0.15, -0.1) is 34.0 Å². The first-order valence-electron chi connectivity index (χ1n) is 30.8. The number of carbonyl (C=O) groups excluding carboxylic acids is 4. The van der Waals surface area contributed by atoms with Gasteiger partial charge in [-0.2, -0.15) is 0 Å². The zero-order chi connectivity index (χ0) is 61.3. The molecule has 22 heteroatoms. The van der Waals surface area contributed by atoms with Crippen molar-refractivity contribution in [3.63, 3.8) is 0 Å². The minimum atomic E-state index is -0.471. The highest BCUT2D eigenvalue weighted by molar-refractivity contribution is 7.17. The number of anilines is 2. The van der Waals surface area contributed by atoms with Crippen molar-refractivity contribution in [1.82, 2.24) is 34.6 Å². The van der Waals surface area contributed by atoms with Gasteiger partial charge in [0.2, 0.25) is 0 Å². The van der Waals surface area contributed by atoms with Crippen LogP contribution in [0.3, 0.4) is 0 Å². The van der Waals surface area contributed by atoms with Crippen LogP contribution in [0.2, 0.25) is 0 Å². The standard InChI is InChI=1S/C67H75N9O10S3/c77-61-23-19-48-17-21-50(83-39-7-5-29-71-31-35-73(36-32-71)54-11-9-13-58-52(54)25-41-87-58)43-56(48)75(61)46-85-63(79)15-1-3-27-68-65(81)60-45-70-67(89-60)66(82)69-28-4-2-16-64(80)86-47-76-57-44-51(22-18-49(57)20-24-62(76)78)84-40-8-6-30-72-33-37-74(38-34-72)55-12-10-14-59-53(55)26-42-88-59/h9-14,17-26,41-45H,1-8,15-16,27-40,46-47H2,(H,68,81)(H,69,82). The summed E-state index contributed by atoms with van der Waals surface area (Å²) in [4.78, 5) is 91.7. The van der Waals surface area contributed by atoms with E-state index in [1.165, 1.54) is 59.0 Å². The zero-order valence-electron chi connectivity index (χ0n) is 49.9. The molecule has 89 heavy (non-hydrogen) atoms. The van der Waals surface area contributed by atoms with Gasteiger partial charge in [0.15, 0.2) is 18.5 Å². The second kappa shape index (κ2) is 30.9. The van der Waals surface area contributed by atoms with E-state index in [0.717, 1.165) is 113 Å². The van der Waals surface area contributed by atoms with Gasteiger partial charge in [0, 0.05) is 134 Å². The third-order valence-corrected chi connectivity index (χ3v) is 19.2. The summed E-state index contributed by atoms with van der Waals surface area (Å²) in [7, 11) is 0. The van der Waals surface area contributed by atoms with Gasteiger partial charge in [-0.05, 0) is 159 Å². The van der Waals surface area contributed by atoms with E-state index in [1.807, 2.05) is 36.4 Å². The Hall–Kier alpha value is -8.15. The second-order valence-electron chi connectivity index (χ2n) is 22.4. The Morgan fingerprint density at radius 3 is 1.47 bits per heavy atom. The van der Waals surface area contributed by atoms with Gasteiger partial charge in [0.1, 0.15) is 16.4 Å². The summed E-state index contributed by atoms with van der Waals surface area (Å²) in [6, 6.07) is 35.1. The molecule has 5 aromatic heterocycles. The molecule has 0 aliphatic carbocycles. The van der Waals surface area contributed by atoms with Crippen LogP contribution in [0.25, 0.3) is 42.0 Å². The van der Waals surface area contributed by atoms with E-state index in [2.05, 4.69) is 94.5 Å². The van der Waals surface area contributed by atoms with Gasteiger partial charge >= 0.3 is 11.9 Å². The minimum Gasteiger partial charge on any atom is -0.494 e. The van der Waals surface area contributed by atoms with Gasteiger partial charge in [-0.25, -0.2) is 4.98 Å². The molecule has 2 N–H and O–H groups in total. The fraction of sp³-hybridized carbons (Fsp3) is 0.388. The molecular formula is C67H75N9O10S3. The summed E-state index contributed by atoms with van der Waals surface area (Å²) < 4.78 is 28.8. The number of aromatic nitrogens is 3. The molecule has 0 unspecified atom stereocenters. The van der Waals surface area contributed by atoms with Gasteiger partial charge in [-0.1, -0.05) is 12.1 Å². The first-order valence-corrected chi connectivity index (χ1v) is 33.4. The third-order valence-electron chi connectivity index (χ3n) is 16.4. The smallest absolute Gasteiger partial charge is 0.307 e. The predicted molar refractivity (Wildman–Crippen MR) is 353 cm³/mol. The van der Waals surface area contributed by atoms with Gasteiger partial charge < -0.3 is 39.4 Å². The number of thiophene rings is 2. The Labute approximate surface area is 528 Å². The normalized spacial score (nSPS) is 14.0. The number of pyridine rings is 2. The number of thiazole rings is 1. The molecule has 2 amide bonds. The number of amides is 2. The summed E-state index contributed by atoms with van der Waals surface area (Å²) >= 11 is 4.53. The molecule has 4 aromatic carbocycles. The Kier molecular flexibility index (Phi) is 21.7. The summed E-state index contributed by atoms with van der Waals surface area (Å²) in [6.07, 6.45) is 7.19. The van der Waals surface area contributed by atoms with Crippen molar-refractivity contribution < 1.29 is 38.1 Å². The quantitative estimate of drug-likeness (QED) is 0.0318. The SMILES string of the molecule is O=C(CCCCNC(=O)c1cnc(C(=O)NCCCCC(=O)OCn2c(=O)ccc3ccc(OCCCCN4CCN(c5cccc6sccc56)CC4)cc32)s1)OCn1c(=O)ccc2ccc(OCCCCN3CCN(c4cccc5sccc45)CC3)cc21. The number of piperazine rings is 2. The third kappa shape index (κ3) is 16.6. The van der Waals surface area contributed by atoms with Crippen LogP contribution in [0.5, 0.6) is 11.5 Å². The number of rotatable bonds is 30. The summed E-state index contributed by atoms with van der Waals surface area (Å²) in [6.45, 7) is 11.3. The summed E-state index contributed by atoms with van der Waals surface area (Å²) in [5.41, 5.74) is 3.27. The maximum absolute atomic E-state index is 13.0. The summed E-state index contributed by atoms with van der Waals surface area (Å²) in [5.74, 6) is -0.487. The molecule has 11 rings (SSSR count). The highest BCUT2D eigenvalue weighted by Crippen LogP contribution is 2.33. The molecule has 2 fully saturated rings. The van der Waals surface area contributed by atoms with Crippen molar-refractivity contribution in [2.75, 3.05) is 102 Å². The van der Waals surface area contributed by atoms with E-state index in [1.54, 1.807) is 34.8 Å². The number of hydrogen-bond donors (Lipinski definition) is 2. The predicted octanol–water partition coefficient (Wildman–Crippen LogP) is 10.4. The van der Waals surface area contributed by atoms with E-state index in [0.29, 0.717) is 61.4 Å². The fourth-order valence-electron chi connectivity index (χ4n) is 11.4. The number of hydrogen-bond acceptors (Lipinski definition) is 18. The molecule has 0 atom stereocenters. The van der Waals surface area contributed by atoms with Gasteiger partial charge in [-0.3, -0.25) is 47.7 Å². The average molecular weight is 1260 g/mol. The number of esters is 2. The van der Waals surface area contributed by atoms with Crippen LogP contribution in [0.4, 0.5) is 11.4 Å². The maximum Gasteiger partial charge on any atom is 0.307 e. The van der Waals surface area contributed by atoms with Crippen molar-refractivity contribution in [2.24, 2.45) is 0 Å². The average Bonchev–Trinajstić information content (AvgIpc) is 1.85. The monoisotopic (exact) mass is 1260 g/mol. The molecule has 0 saturated carbocycles. The topological polar surface area (TPSA) is 199 Å². The first kappa shape index (κ1) is 62.5. The van der Waals surface area contributed by atoms with Crippen molar-refractivity contribution in [3.05, 3.63) is 157 Å². The van der Waals surface area contributed by atoms with Crippen molar-refractivity contribution in [3.8, 4) is 11.5 Å². The van der Waals surface area contributed by atoms with Crippen LogP contribution in [0.15, 0.2) is 136 Å². The molecule has 19 nitrogen and oxygen atoms in total. The van der Waals surface area contributed by atoms with Crippen molar-refractivity contribution in [2.45, 2.75) is 77.7 Å².